The first-order valence-electron chi connectivity index (χ1n) is 11.1. The second-order valence-corrected chi connectivity index (χ2v) is 9.38. The Morgan fingerprint density at radius 2 is 1.93 bits per heavy atom. The number of ether oxygens (including phenoxy) is 1. The fourth-order valence-corrected chi connectivity index (χ4v) is 5.83. The zero-order chi connectivity index (χ0) is 20.2. The molecule has 156 valence electrons. The van der Waals surface area contributed by atoms with Crippen molar-refractivity contribution in [3.63, 3.8) is 0 Å². The summed E-state index contributed by atoms with van der Waals surface area (Å²) in [6, 6.07) is 9.78. The van der Waals surface area contributed by atoms with Gasteiger partial charge in [-0.3, -0.25) is 4.90 Å². The molecular weight excluding hydrogens is 374 g/mol. The molecule has 0 radical (unpaired) electrons. The highest BCUT2D eigenvalue weighted by Crippen LogP contribution is 2.40. The molecule has 4 unspecified atom stereocenters. The van der Waals surface area contributed by atoms with Crippen LogP contribution < -0.4 is 5.32 Å². The molecule has 0 spiro atoms. The van der Waals surface area contributed by atoms with E-state index < -0.39 is 0 Å². The number of nitrogens with zero attached hydrogens (tertiary/aromatic N) is 3. The lowest BCUT2D eigenvalue weighted by atomic mass is 9.82. The summed E-state index contributed by atoms with van der Waals surface area (Å²) in [5.74, 6) is 2.32. The standard InChI is InChI=1S/C24H29N5O/c1-14-3-5-19-16(7-14)4-6-21(29-9-17-11-30-12-18(17)10-29)22(19)28-24-20-8-15(2)27-23(20)25-13-26-24/h3,5,7-8,13,17-18,21-22H,4,6,9-12H2,1-2H3,(H2,25,26,27,28). The van der Waals surface area contributed by atoms with Gasteiger partial charge in [-0.1, -0.05) is 23.8 Å². The summed E-state index contributed by atoms with van der Waals surface area (Å²) in [6.07, 6.45) is 3.98. The van der Waals surface area contributed by atoms with E-state index in [1.807, 2.05) is 0 Å². The molecule has 3 aliphatic rings. The van der Waals surface area contributed by atoms with Gasteiger partial charge in [-0.15, -0.1) is 0 Å². The lowest BCUT2D eigenvalue weighted by Gasteiger charge is -2.40. The summed E-state index contributed by atoms with van der Waals surface area (Å²) in [6.45, 7) is 8.41. The minimum atomic E-state index is 0.224. The highest BCUT2D eigenvalue weighted by atomic mass is 16.5. The maximum absolute atomic E-state index is 5.73. The van der Waals surface area contributed by atoms with E-state index in [0.29, 0.717) is 17.9 Å². The first kappa shape index (κ1) is 18.3. The SMILES string of the molecule is Cc1ccc2c(c1)CCC(N1CC3COCC3C1)C2Nc1ncnc2[nH]c(C)cc12. The van der Waals surface area contributed by atoms with E-state index in [9.17, 15) is 0 Å². The van der Waals surface area contributed by atoms with Crippen molar-refractivity contribution in [2.45, 2.75) is 38.8 Å². The number of nitrogens with one attached hydrogen (secondary N) is 2. The molecule has 0 bridgehead atoms. The van der Waals surface area contributed by atoms with Crippen molar-refractivity contribution in [2.24, 2.45) is 11.8 Å². The highest BCUT2D eigenvalue weighted by molar-refractivity contribution is 5.87. The average molecular weight is 404 g/mol. The fraction of sp³-hybridized carbons (Fsp3) is 0.500. The second-order valence-electron chi connectivity index (χ2n) is 9.38. The van der Waals surface area contributed by atoms with Gasteiger partial charge in [0.15, 0.2) is 0 Å². The van der Waals surface area contributed by atoms with Crippen LogP contribution in [0.5, 0.6) is 0 Å². The molecule has 6 heteroatoms. The number of rotatable bonds is 3. The number of aromatic nitrogens is 3. The number of fused-ring (bicyclic) bond motifs is 3. The van der Waals surface area contributed by atoms with E-state index in [2.05, 4.69) is 63.3 Å². The third kappa shape index (κ3) is 3.01. The summed E-state index contributed by atoms with van der Waals surface area (Å²) in [7, 11) is 0. The number of aryl methyl sites for hydroxylation is 3. The van der Waals surface area contributed by atoms with Gasteiger partial charge >= 0.3 is 0 Å². The quantitative estimate of drug-likeness (QED) is 0.699. The summed E-state index contributed by atoms with van der Waals surface area (Å²) >= 11 is 0. The zero-order valence-electron chi connectivity index (χ0n) is 17.7. The first-order valence-corrected chi connectivity index (χ1v) is 11.1. The van der Waals surface area contributed by atoms with Crippen LogP contribution in [0, 0.1) is 25.7 Å². The van der Waals surface area contributed by atoms with Crippen LogP contribution in [-0.2, 0) is 11.2 Å². The summed E-state index contributed by atoms with van der Waals surface area (Å²) in [4.78, 5) is 15.1. The highest BCUT2D eigenvalue weighted by Gasteiger charge is 2.43. The monoisotopic (exact) mass is 403 g/mol. The van der Waals surface area contributed by atoms with E-state index >= 15 is 0 Å². The van der Waals surface area contributed by atoms with Crippen LogP contribution >= 0.6 is 0 Å². The predicted octanol–water partition coefficient (Wildman–Crippen LogP) is 3.62. The number of hydrogen-bond donors (Lipinski definition) is 2. The molecule has 4 heterocycles. The first-order chi connectivity index (χ1) is 14.7. The van der Waals surface area contributed by atoms with Gasteiger partial charge < -0.3 is 15.0 Å². The number of hydrogen-bond acceptors (Lipinski definition) is 5. The number of benzene rings is 1. The van der Waals surface area contributed by atoms with E-state index in [-0.39, 0.29) is 6.04 Å². The van der Waals surface area contributed by atoms with Gasteiger partial charge in [0, 0.05) is 36.7 Å². The van der Waals surface area contributed by atoms with Crippen molar-refractivity contribution in [1.82, 2.24) is 19.9 Å². The molecule has 30 heavy (non-hydrogen) atoms. The van der Waals surface area contributed by atoms with Gasteiger partial charge in [-0.25, -0.2) is 9.97 Å². The lowest BCUT2D eigenvalue weighted by Crippen LogP contribution is -2.44. The largest absolute Gasteiger partial charge is 0.381 e. The van der Waals surface area contributed by atoms with Gasteiger partial charge in [0.2, 0.25) is 0 Å². The zero-order valence-corrected chi connectivity index (χ0v) is 17.7. The Morgan fingerprint density at radius 1 is 1.10 bits per heavy atom. The van der Waals surface area contributed by atoms with E-state index in [4.69, 9.17) is 4.74 Å². The minimum absolute atomic E-state index is 0.224. The Labute approximate surface area is 177 Å². The van der Waals surface area contributed by atoms with Crippen molar-refractivity contribution in [3.05, 3.63) is 53.0 Å². The fourth-order valence-electron chi connectivity index (χ4n) is 5.83. The molecule has 6 rings (SSSR count). The Bertz CT molecular complexity index is 1080. The van der Waals surface area contributed by atoms with Crippen LogP contribution in [0.25, 0.3) is 11.0 Å². The van der Waals surface area contributed by atoms with Crippen LogP contribution in [-0.4, -0.2) is 52.2 Å². The number of anilines is 1. The molecule has 0 saturated carbocycles. The van der Waals surface area contributed by atoms with Gasteiger partial charge in [-0.2, -0.15) is 0 Å². The van der Waals surface area contributed by atoms with E-state index in [1.54, 1.807) is 6.33 Å². The third-order valence-electron chi connectivity index (χ3n) is 7.32. The van der Waals surface area contributed by atoms with Crippen LogP contribution in [0.1, 0.15) is 34.8 Å². The Balaban J connectivity index is 1.38. The molecule has 3 aromatic rings. The molecule has 2 aliphatic heterocycles. The minimum Gasteiger partial charge on any atom is -0.381 e. The van der Waals surface area contributed by atoms with Gasteiger partial charge in [0.25, 0.3) is 0 Å². The van der Waals surface area contributed by atoms with Crippen molar-refractivity contribution >= 4 is 16.9 Å². The number of aromatic amines is 1. The summed E-state index contributed by atoms with van der Waals surface area (Å²) in [5.41, 5.74) is 6.24. The topological polar surface area (TPSA) is 66.1 Å². The smallest absolute Gasteiger partial charge is 0.143 e. The van der Waals surface area contributed by atoms with Crippen molar-refractivity contribution < 1.29 is 4.74 Å². The molecule has 2 saturated heterocycles. The molecule has 2 N–H and O–H groups in total. The van der Waals surface area contributed by atoms with E-state index in [0.717, 1.165) is 55.3 Å². The Hall–Kier alpha value is -2.44. The second kappa shape index (κ2) is 7.06. The molecular formula is C24H29N5O. The molecule has 1 aliphatic carbocycles. The average Bonchev–Trinajstić information content (AvgIpc) is 3.42. The maximum atomic E-state index is 5.73. The van der Waals surface area contributed by atoms with E-state index in [1.165, 1.54) is 23.1 Å². The molecule has 2 fully saturated rings. The lowest BCUT2D eigenvalue weighted by molar-refractivity contribution is 0.127. The summed E-state index contributed by atoms with van der Waals surface area (Å²) in [5, 5.41) is 4.93. The number of likely N-dealkylation sites (tertiary alicyclic amines) is 1. The number of H-pyrrole nitrogens is 1. The van der Waals surface area contributed by atoms with Gasteiger partial charge in [0.05, 0.1) is 24.6 Å². The van der Waals surface area contributed by atoms with Gasteiger partial charge in [-0.05, 0) is 43.9 Å². The predicted molar refractivity (Wildman–Crippen MR) is 118 cm³/mol. The van der Waals surface area contributed by atoms with Crippen LogP contribution in [0.3, 0.4) is 0 Å². The normalized spacial score (nSPS) is 28.6. The molecule has 4 atom stereocenters. The third-order valence-corrected chi connectivity index (χ3v) is 7.32. The molecule has 1 aromatic carbocycles. The maximum Gasteiger partial charge on any atom is 0.143 e. The van der Waals surface area contributed by atoms with Crippen LogP contribution in [0.2, 0.25) is 0 Å². The van der Waals surface area contributed by atoms with Crippen LogP contribution in [0.4, 0.5) is 5.82 Å². The van der Waals surface area contributed by atoms with Crippen LogP contribution in [0.15, 0.2) is 30.6 Å². The summed E-state index contributed by atoms with van der Waals surface area (Å²) < 4.78 is 5.73. The van der Waals surface area contributed by atoms with Crippen molar-refractivity contribution in [3.8, 4) is 0 Å². The Morgan fingerprint density at radius 3 is 2.77 bits per heavy atom. The van der Waals surface area contributed by atoms with Crippen molar-refractivity contribution in [1.29, 1.82) is 0 Å². The van der Waals surface area contributed by atoms with Gasteiger partial charge in [0.1, 0.15) is 17.8 Å². The Kier molecular flexibility index (Phi) is 4.32. The van der Waals surface area contributed by atoms with Crippen molar-refractivity contribution in [2.75, 3.05) is 31.6 Å². The molecule has 6 nitrogen and oxygen atoms in total. The molecule has 0 amide bonds. The molecule has 2 aromatic heterocycles.